The van der Waals surface area contributed by atoms with E-state index < -0.39 is 0 Å². The van der Waals surface area contributed by atoms with Crippen LogP contribution >= 0.6 is 0 Å². The third kappa shape index (κ3) is 3.32. The highest BCUT2D eigenvalue weighted by molar-refractivity contribution is 5.97. The minimum atomic E-state index is 0.119. The Bertz CT molecular complexity index is 576. The van der Waals surface area contributed by atoms with Crippen molar-refractivity contribution in [2.45, 2.75) is 13.1 Å². The van der Waals surface area contributed by atoms with Crippen LogP contribution in [0, 0.1) is 0 Å². The molecular formula is C13H17N5O. The van der Waals surface area contributed by atoms with Crippen molar-refractivity contribution in [3.63, 3.8) is 0 Å². The molecule has 4 N–H and O–H groups in total. The Labute approximate surface area is 111 Å². The number of aryl methyl sites for hydroxylation is 1. The number of oxime groups is 1. The number of aromatic nitrogens is 2. The molecule has 0 unspecified atom stereocenters. The van der Waals surface area contributed by atoms with Crippen molar-refractivity contribution in [3.8, 4) is 0 Å². The summed E-state index contributed by atoms with van der Waals surface area (Å²) < 4.78 is 1.83. The molecule has 0 aliphatic heterocycles. The molecule has 0 bridgehead atoms. The third-order valence-corrected chi connectivity index (χ3v) is 2.89. The Morgan fingerprint density at radius 2 is 2.26 bits per heavy atom. The van der Waals surface area contributed by atoms with E-state index in [9.17, 15) is 0 Å². The summed E-state index contributed by atoms with van der Waals surface area (Å²) in [7, 11) is 1.91. The molecular weight excluding hydrogens is 242 g/mol. The first-order valence-electron chi connectivity index (χ1n) is 5.95. The first-order chi connectivity index (χ1) is 9.20. The largest absolute Gasteiger partial charge is 0.409 e. The van der Waals surface area contributed by atoms with Gasteiger partial charge in [0.15, 0.2) is 5.84 Å². The van der Waals surface area contributed by atoms with Crippen LogP contribution < -0.4 is 11.1 Å². The molecule has 0 saturated heterocycles. The molecule has 0 saturated carbocycles. The lowest BCUT2D eigenvalue weighted by atomic mass is 10.1. The van der Waals surface area contributed by atoms with E-state index in [1.165, 1.54) is 0 Å². The van der Waals surface area contributed by atoms with Crippen LogP contribution in [0.2, 0.25) is 0 Å². The fraction of sp³-hybridized carbons (Fsp3) is 0.231. The molecule has 2 rings (SSSR count). The summed E-state index contributed by atoms with van der Waals surface area (Å²) in [5.41, 5.74) is 8.46. The van der Waals surface area contributed by atoms with Crippen molar-refractivity contribution in [3.05, 3.63) is 53.3 Å². The van der Waals surface area contributed by atoms with Gasteiger partial charge < -0.3 is 16.3 Å². The molecule has 0 fully saturated rings. The van der Waals surface area contributed by atoms with Crippen LogP contribution in [0.3, 0.4) is 0 Å². The van der Waals surface area contributed by atoms with Gasteiger partial charge >= 0.3 is 0 Å². The number of nitrogens with two attached hydrogens (primary N) is 1. The Morgan fingerprint density at radius 3 is 2.95 bits per heavy atom. The molecule has 1 heterocycles. The van der Waals surface area contributed by atoms with Gasteiger partial charge in [0.25, 0.3) is 0 Å². The fourth-order valence-electron chi connectivity index (χ4n) is 1.81. The molecule has 6 heteroatoms. The molecule has 100 valence electrons. The summed E-state index contributed by atoms with van der Waals surface area (Å²) in [6.45, 7) is 1.45. The molecule has 0 amide bonds. The van der Waals surface area contributed by atoms with E-state index >= 15 is 0 Å². The van der Waals surface area contributed by atoms with Gasteiger partial charge in [-0.05, 0) is 17.7 Å². The van der Waals surface area contributed by atoms with Crippen LogP contribution in [-0.2, 0) is 20.1 Å². The SMILES string of the molecule is Cn1nccc1CNCc1cccc(C(N)=NO)c1. The lowest BCUT2D eigenvalue weighted by Crippen LogP contribution is -2.17. The molecule has 2 aromatic rings. The van der Waals surface area contributed by atoms with Gasteiger partial charge in [-0.15, -0.1) is 0 Å². The monoisotopic (exact) mass is 259 g/mol. The molecule has 0 atom stereocenters. The van der Waals surface area contributed by atoms with Crippen molar-refractivity contribution in [2.75, 3.05) is 0 Å². The van der Waals surface area contributed by atoms with Gasteiger partial charge in [-0.3, -0.25) is 4.68 Å². The van der Waals surface area contributed by atoms with Crippen LogP contribution in [0.1, 0.15) is 16.8 Å². The zero-order chi connectivity index (χ0) is 13.7. The maximum atomic E-state index is 8.65. The summed E-state index contributed by atoms with van der Waals surface area (Å²) >= 11 is 0. The van der Waals surface area contributed by atoms with Gasteiger partial charge in [0, 0.05) is 31.9 Å². The van der Waals surface area contributed by atoms with Crippen LogP contribution in [0.25, 0.3) is 0 Å². The Kier molecular flexibility index (Phi) is 4.15. The van der Waals surface area contributed by atoms with Crippen LogP contribution in [-0.4, -0.2) is 20.8 Å². The third-order valence-electron chi connectivity index (χ3n) is 2.89. The molecule has 0 aliphatic carbocycles. The molecule has 0 spiro atoms. The topological polar surface area (TPSA) is 88.5 Å². The molecule has 19 heavy (non-hydrogen) atoms. The highest BCUT2D eigenvalue weighted by Crippen LogP contribution is 2.05. The van der Waals surface area contributed by atoms with Crippen LogP contribution in [0.5, 0.6) is 0 Å². The van der Waals surface area contributed by atoms with E-state index in [0.29, 0.717) is 12.1 Å². The summed E-state index contributed by atoms with van der Waals surface area (Å²) in [6.07, 6.45) is 1.77. The predicted molar refractivity (Wildman–Crippen MR) is 72.7 cm³/mol. The molecule has 6 nitrogen and oxygen atoms in total. The van der Waals surface area contributed by atoms with E-state index in [2.05, 4.69) is 15.6 Å². The molecule has 1 aromatic heterocycles. The van der Waals surface area contributed by atoms with Crippen molar-refractivity contribution < 1.29 is 5.21 Å². The second kappa shape index (κ2) is 6.01. The van der Waals surface area contributed by atoms with E-state index in [-0.39, 0.29) is 5.84 Å². The summed E-state index contributed by atoms with van der Waals surface area (Å²) in [5, 5.41) is 19.1. The average molecular weight is 259 g/mol. The summed E-state index contributed by atoms with van der Waals surface area (Å²) in [6, 6.07) is 9.55. The zero-order valence-electron chi connectivity index (χ0n) is 10.7. The van der Waals surface area contributed by atoms with E-state index in [1.54, 1.807) is 12.3 Å². The van der Waals surface area contributed by atoms with Crippen molar-refractivity contribution in [1.82, 2.24) is 15.1 Å². The lowest BCUT2D eigenvalue weighted by molar-refractivity contribution is 0.318. The van der Waals surface area contributed by atoms with Gasteiger partial charge in [-0.2, -0.15) is 5.10 Å². The number of nitrogens with zero attached hydrogens (tertiary/aromatic N) is 3. The number of hydrogen-bond donors (Lipinski definition) is 3. The fourth-order valence-corrected chi connectivity index (χ4v) is 1.81. The van der Waals surface area contributed by atoms with Gasteiger partial charge in [0.2, 0.25) is 0 Å². The highest BCUT2D eigenvalue weighted by atomic mass is 16.4. The Hall–Kier alpha value is -2.34. The summed E-state index contributed by atoms with van der Waals surface area (Å²) in [4.78, 5) is 0. The molecule has 1 aromatic carbocycles. The first kappa shape index (κ1) is 13.1. The van der Waals surface area contributed by atoms with Gasteiger partial charge in [0.1, 0.15) is 0 Å². The second-order valence-corrected chi connectivity index (χ2v) is 4.24. The summed E-state index contributed by atoms with van der Waals surface area (Å²) in [5.74, 6) is 0.119. The number of amidine groups is 1. The molecule has 0 aliphatic rings. The van der Waals surface area contributed by atoms with Gasteiger partial charge in [0.05, 0.1) is 5.69 Å². The minimum absolute atomic E-state index is 0.119. The first-order valence-corrected chi connectivity index (χ1v) is 5.95. The Balaban J connectivity index is 1.95. The van der Waals surface area contributed by atoms with E-state index in [4.69, 9.17) is 10.9 Å². The number of rotatable bonds is 5. The van der Waals surface area contributed by atoms with Gasteiger partial charge in [-0.25, -0.2) is 0 Å². The van der Waals surface area contributed by atoms with E-state index in [1.807, 2.05) is 36.0 Å². The Morgan fingerprint density at radius 1 is 1.42 bits per heavy atom. The van der Waals surface area contributed by atoms with E-state index in [0.717, 1.165) is 17.8 Å². The van der Waals surface area contributed by atoms with Gasteiger partial charge in [-0.1, -0.05) is 23.4 Å². The number of benzene rings is 1. The van der Waals surface area contributed by atoms with Crippen LogP contribution in [0.15, 0.2) is 41.7 Å². The lowest BCUT2D eigenvalue weighted by Gasteiger charge is -2.07. The minimum Gasteiger partial charge on any atom is -0.409 e. The highest BCUT2D eigenvalue weighted by Gasteiger charge is 2.01. The van der Waals surface area contributed by atoms with Crippen molar-refractivity contribution in [2.24, 2.45) is 17.9 Å². The predicted octanol–water partition coefficient (Wildman–Crippen LogP) is 0.804. The quantitative estimate of drug-likeness (QED) is 0.321. The number of nitrogens with one attached hydrogen (secondary N) is 1. The maximum absolute atomic E-state index is 8.65. The average Bonchev–Trinajstić information content (AvgIpc) is 2.84. The van der Waals surface area contributed by atoms with Crippen molar-refractivity contribution in [1.29, 1.82) is 0 Å². The normalized spacial score (nSPS) is 11.7. The standard InChI is InChI=1S/C13H17N5O/c1-18-12(5-6-16-18)9-15-8-10-3-2-4-11(7-10)13(14)17-19/h2-7,15,19H,8-9H2,1H3,(H2,14,17). The van der Waals surface area contributed by atoms with Crippen molar-refractivity contribution >= 4 is 5.84 Å². The van der Waals surface area contributed by atoms with Crippen LogP contribution in [0.4, 0.5) is 0 Å². The zero-order valence-corrected chi connectivity index (χ0v) is 10.7. The number of hydrogen-bond acceptors (Lipinski definition) is 4. The smallest absolute Gasteiger partial charge is 0.170 e. The maximum Gasteiger partial charge on any atom is 0.170 e. The second-order valence-electron chi connectivity index (χ2n) is 4.24. The molecule has 0 radical (unpaired) electrons.